The van der Waals surface area contributed by atoms with Gasteiger partial charge < -0.3 is 20.0 Å². The summed E-state index contributed by atoms with van der Waals surface area (Å²) in [6.07, 6.45) is 3.13. The fraction of sp³-hybridized carbons (Fsp3) is 0.158. The average Bonchev–Trinajstić information content (AvgIpc) is 3.46. The maximum absolute atomic E-state index is 12.8. The van der Waals surface area contributed by atoms with Gasteiger partial charge in [0.25, 0.3) is 5.91 Å². The highest BCUT2D eigenvalue weighted by molar-refractivity contribution is 6.35. The lowest BCUT2D eigenvalue weighted by Crippen LogP contribution is -2.16. The van der Waals surface area contributed by atoms with Gasteiger partial charge in [-0.25, -0.2) is 0 Å². The number of halogens is 2. The van der Waals surface area contributed by atoms with Crippen molar-refractivity contribution in [3.8, 4) is 0 Å². The van der Waals surface area contributed by atoms with Crippen LogP contribution in [0.5, 0.6) is 0 Å². The molecule has 11 nitrogen and oxygen atoms in total. The number of nitrogens with zero attached hydrogens (tertiary/aromatic N) is 6. The van der Waals surface area contributed by atoms with Crippen LogP contribution in [0, 0.1) is 17.0 Å². The molecule has 0 saturated carbocycles. The molecule has 0 bridgehead atoms. The van der Waals surface area contributed by atoms with Gasteiger partial charge in [-0.2, -0.15) is 9.78 Å². The summed E-state index contributed by atoms with van der Waals surface area (Å²) in [7, 11) is 0. The average molecular weight is 476 g/mol. The van der Waals surface area contributed by atoms with E-state index >= 15 is 0 Å². The van der Waals surface area contributed by atoms with Gasteiger partial charge in [0.2, 0.25) is 0 Å². The summed E-state index contributed by atoms with van der Waals surface area (Å²) in [5, 5.41) is 26.5. The Kier molecular flexibility index (Phi) is 5.93. The van der Waals surface area contributed by atoms with Crippen molar-refractivity contribution in [2.45, 2.75) is 20.0 Å². The van der Waals surface area contributed by atoms with Gasteiger partial charge in [-0.15, -0.1) is 0 Å². The predicted molar refractivity (Wildman–Crippen MR) is 115 cm³/mol. The number of anilines is 1. The standard InChI is InChI=1S/C19H15Cl2N7O4/c1-11-14(10-27-7-5-17(24-27)28(30)31)18(25-32-11)19(29)22-16-4-6-26(23-16)9-12-2-3-13(20)8-15(12)21/h2-8H,9-10H2,1H3,(H,22,23,29). The molecule has 3 heterocycles. The fourth-order valence-corrected chi connectivity index (χ4v) is 3.44. The fourth-order valence-electron chi connectivity index (χ4n) is 2.97. The van der Waals surface area contributed by atoms with Crippen LogP contribution in [-0.4, -0.2) is 35.5 Å². The summed E-state index contributed by atoms with van der Waals surface area (Å²) in [5.74, 6) is -0.123. The highest BCUT2D eigenvalue weighted by atomic mass is 35.5. The van der Waals surface area contributed by atoms with Gasteiger partial charge >= 0.3 is 5.82 Å². The van der Waals surface area contributed by atoms with Gasteiger partial charge in [0.1, 0.15) is 5.76 Å². The molecule has 0 aliphatic rings. The topological polar surface area (TPSA) is 134 Å². The van der Waals surface area contributed by atoms with Gasteiger partial charge in [0.15, 0.2) is 11.5 Å². The zero-order valence-electron chi connectivity index (χ0n) is 16.5. The number of nitrogens with one attached hydrogen (secondary N) is 1. The Morgan fingerprint density at radius 3 is 2.62 bits per heavy atom. The van der Waals surface area contributed by atoms with Gasteiger partial charge in [0.05, 0.1) is 36.0 Å². The van der Waals surface area contributed by atoms with Crippen LogP contribution in [0.25, 0.3) is 0 Å². The summed E-state index contributed by atoms with van der Waals surface area (Å²) in [6.45, 7) is 2.11. The van der Waals surface area contributed by atoms with Crippen molar-refractivity contribution >= 4 is 40.7 Å². The number of nitro groups is 1. The monoisotopic (exact) mass is 475 g/mol. The summed E-state index contributed by atoms with van der Waals surface area (Å²) in [4.78, 5) is 23.0. The molecule has 0 aliphatic carbocycles. The molecular formula is C19H15Cl2N7O4. The van der Waals surface area contributed by atoms with Gasteiger partial charge in [-0.05, 0) is 29.5 Å². The lowest BCUT2D eigenvalue weighted by molar-refractivity contribution is -0.389. The molecule has 0 aliphatic heterocycles. The number of carbonyl (C=O) groups excluding carboxylic acids is 1. The minimum atomic E-state index is -0.599. The molecule has 13 heteroatoms. The molecule has 164 valence electrons. The number of benzene rings is 1. The molecule has 1 aromatic carbocycles. The van der Waals surface area contributed by atoms with E-state index in [4.69, 9.17) is 27.7 Å². The van der Waals surface area contributed by atoms with Gasteiger partial charge in [0, 0.05) is 22.3 Å². The summed E-state index contributed by atoms with van der Waals surface area (Å²) in [6, 6.07) is 8.08. The van der Waals surface area contributed by atoms with Crippen LogP contribution >= 0.6 is 23.2 Å². The lowest BCUT2D eigenvalue weighted by atomic mass is 10.2. The SMILES string of the molecule is Cc1onc(C(=O)Nc2ccn(Cc3ccc(Cl)cc3Cl)n2)c1Cn1ccc([N+](=O)[O-])n1. The largest absolute Gasteiger partial charge is 0.389 e. The number of rotatable bonds is 7. The predicted octanol–water partition coefficient (Wildman–Crippen LogP) is 3.94. The normalized spacial score (nSPS) is 11.0. The van der Waals surface area contributed by atoms with Crippen LogP contribution in [0.1, 0.15) is 27.4 Å². The Balaban J connectivity index is 1.47. The van der Waals surface area contributed by atoms with Gasteiger partial charge in [-0.1, -0.05) is 34.4 Å². The van der Waals surface area contributed by atoms with E-state index < -0.39 is 10.8 Å². The second kappa shape index (κ2) is 8.81. The molecule has 0 atom stereocenters. The molecule has 1 N–H and O–H groups in total. The van der Waals surface area contributed by atoms with E-state index in [1.54, 1.807) is 42.1 Å². The molecule has 0 spiro atoms. The second-order valence-electron chi connectivity index (χ2n) is 6.78. The second-order valence-corrected chi connectivity index (χ2v) is 7.63. The lowest BCUT2D eigenvalue weighted by Gasteiger charge is -2.05. The van der Waals surface area contributed by atoms with Crippen LogP contribution in [-0.2, 0) is 13.1 Å². The van der Waals surface area contributed by atoms with Crippen molar-refractivity contribution in [1.29, 1.82) is 0 Å². The molecule has 4 rings (SSSR count). The molecule has 0 radical (unpaired) electrons. The highest BCUT2D eigenvalue weighted by Gasteiger charge is 2.23. The van der Waals surface area contributed by atoms with E-state index in [1.165, 1.54) is 16.9 Å². The number of hydrogen-bond acceptors (Lipinski definition) is 7. The van der Waals surface area contributed by atoms with Crippen molar-refractivity contribution in [1.82, 2.24) is 24.7 Å². The molecule has 4 aromatic rings. The first-order valence-corrected chi connectivity index (χ1v) is 9.97. The molecular weight excluding hydrogens is 461 g/mol. The molecule has 3 aromatic heterocycles. The Bertz CT molecular complexity index is 1310. The van der Waals surface area contributed by atoms with Gasteiger partial charge in [-0.3, -0.25) is 9.48 Å². The number of aryl methyl sites for hydroxylation is 1. The number of amides is 1. The number of aromatic nitrogens is 5. The Hall–Kier alpha value is -3.70. The first-order valence-electron chi connectivity index (χ1n) is 9.22. The Morgan fingerprint density at radius 2 is 1.91 bits per heavy atom. The van der Waals surface area contributed by atoms with Crippen molar-refractivity contribution in [3.63, 3.8) is 0 Å². The molecule has 0 unspecified atom stereocenters. The van der Waals surface area contributed by atoms with E-state index in [1.807, 2.05) is 0 Å². The smallest absolute Gasteiger partial charge is 0.361 e. The molecule has 32 heavy (non-hydrogen) atoms. The Labute approximate surface area is 190 Å². The van der Waals surface area contributed by atoms with E-state index in [-0.39, 0.29) is 18.1 Å². The molecule has 0 fully saturated rings. The quantitative estimate of drug-likeness (QED) is 0.315. The first-order chi connectivity index (χ1) is 15.3. The zero-order valence-corrected chi connectivity index (χ0v) is 18.0. The Morgan fingerprint density at radius 1 is 1.16 bits per heavy atom. The van der Waals surface area contributed by atoms with Crippen molar-refractivity contribution in [2.75, 3.05) is 5.32 Å². The third-order valence-corrected chi connectivity index (χ3v) is 5.15. The third kappa shape index (κ3) is 4.63. The van der Waals surface area contributed by atoms with Crippen LogP contribution < -0.4 is 5.32 Å². The number of carbonyl (C=O) groups is 1. The first kappa shape index (κ1) is 21.5. The molecule has 1 amide bonds. The summed E-state index contributed by atoms with van der Waals surface area (Å²) in [5.41, 5.74) is 1.31. The van der Waals surface area contributed by atoms with E-state index in [0.717, 1.165) is 5.56 Å². The highest BCUT2D eigenvalue weighted by Crippen LogP contribution is 2.22. The minimum Gasteiger partial charge on any atom is -0.361 e. The molecule has 0 saturated heterocycles. The van der Waals surface area contributed by atoms with Crippen molar-refractivity contribution in [2.24, 2.45) is 0 Å². The zero-order chi connectivity index (χ0) is 22.8. The summed E-state index contributed by atoms with van der Waals surface area (Å²) < 4.78 is 8.10. The van der Waals surface area contributed by atoms with Crippen LogP contribution in [0.15, 0.2) is 47.2 Å². The van der Waals surface area contributed by atoms with Crippen molar-refractivity contribution in [3.05, 3.63) is 85.5 Å². The van der Waals surface area contributed by atoms with Crippen LogP contribution in [0.3, 0.4) is 0 Å². The third-order valence-electron chi connectivity index (χ3n) is 4.56. The maximum atomic E-state index is 12.8. The number of hydrogen-bond donors (Lipinski definition) is 1. The van der Waals surface area contributed by atoms with E-state index in [9.17, 15) is 14.9 Å². The summed E-state index contributed by atoms with van der Waals surface area (Å²) >= 11 is 12.1. The van der Waals surface area contributed by atoms with E-state index in [0.29, 0.717) is 33.7 Å². The van der Waals surface area contributed by atoms with Crippen LogP contribution in [0.2, 0.25) is 10.0 Å². The maximum Gasteiger partial charge on any atom is 0.389 e. The van der Waals surface area contributed by atoms with E-state index in [2.05, 4.69) is 20.7 Å². The van der Waals surface area contributed by atoms with Crippen LogP contribution in [0.4, 0.5) is 11.6 Å². The minimum absolute atomic E-state index is 0.0379. The van der Waals surface area contributed by atoms with Crippen molar-refractivity contribution < 1.29 is 14.2 Å².